The van der Waals surface area contributed by atoms with E-state index in [1.807, 2.05) is 54.6 Å². The lowest BCUT2D eigenvalue weighted by molar-refractivity contribution is 0.705. The molecule has 0 saturated carbocycles. The van der Waals surface area contributed by atoms with E-state index in [2.05, 4.69) is 17.0 Å². The van der Waals surface area contributed by atoms with Crippen molar-refractivity contribution in [1.29, 1.82) is 0 Å². The monoisotopic (exact) mass is 318 g/mol. The Morgan fingerprint density at radius 2 is 1.75 bits per heavy atom. The predicted octanol–water partition coefficient (Wildman–Crippen LogP) is 3.05. The van der Waals surface area contributed by atoms with Crippen LogP contribution in [0.25, 0.3) is 16.6 Å². The van der Waals surface area contributed by atoms with Crippen LogP contribution in [0.1, 0.15) is 24.7 Å². The van der Waals surface area contributed by atoms with Crippen molar-refractivity contribution < 1.29 is 0 Å². The normalized spacial score (nSPS) is 11.4. The zero-order valence-corrected chi connectivity index (χ0v) is 13.5. The zero-order chi connectivity index (χ0) is 16.5. The quantitative estimate of drug-likeness (QED) is 0.581. The Morgan fingerprint density at radius 1 is 1.00 bits per heavy atom. The predicted molar refractivity (Wildman–Crippen MR) is 94.3 cm³/mol. The van der Waals surface area contributed by atoms with E-state index in [4.69, 9.17) is 0 Å². The van der Waals surface area contributed by atoms with E-state index >= 15 is 0 Å². The molecule has 0 radical (unpaired) electrons. The highest BCUT2D eigenvalue weighted by atomic mass is 16.2. The summed E-state index contributed by atoms with van der Waals surface area (Å²) in [5.41, 5.74) is 2.46. The zero-order valence-electron chi connectivity index (χ0n) is 13.5. The average Bonchev–Trinajstić information content (AvgIpc) is 3.04. The number of rotatable bonds is 4. The van der Waals surface area contributed by atoms with Crippen LogP contribution in [0.15, 0.2) is 59.4 Å². The molecule has 0 saturated heterocycles. The summed E-state index contributed by atoms with van der Waals surface area (Å²) >= 11 is 0. The first kappa shape index (κ1) is 14.6. The number of aromatic nitrogens is 4. The van der Waals surface area contributed by atoms with E-state index in [0.29, 0.717) is 12.2 Å². The van der Waals surface area contributed by atoms with Gasteiger partial charge in [-0.15, -0.1) is 5.10 Å². The van der Waals surface area contributed by atoms with E-state index in [1.165, 1.54) is 4.52 Å². The SMILES string of the molecule is CCCc1nc2c3ccccc3n(Cc3ccccc3)c(=O)n2n1. The lowest BCUT2D eigenvalue weighted by Crippen LogP contribution is -2.28. The summed E-state index contributed by atoms with van der Waals surface area (Å²) in [5, 5.41) is 5.37. The standard InChI is InChI=1S/C19H18N4O/c1-2-8-17-20-18-15-11-6-7-12-16(15)22(19(24)23(18)21-17)13-14-9-4-3-5-10-14/h3-7,9-12H,2,8,13H2,1H3. The molecule has 5 heteroatoms. The van der Waals surface area contributed by atoms with Gasteiger partial charge >= 0.3 is 5.69 Å². The molecular weight excluding hydrogens is 300 g/mol. The number of nitrogens with zero attached hydrogens (tertiary/aromatic N) is 4. The van der Waals surface area contributed by atoms with Crippen LogP contribution in [0, 0.1) is 0 Å². The van der Waals surface area contributed by atoms with Gasteiger partial charge in [0.25, 0.3) is 0 Å². The smallest absolute Gasteiger partial charge is 0.287 e. The van der Waals surface area contributed by atoms with Crippen molar-refractivity contribution in [2.75, 3.05) is 0 Å². The van der Waals surface area contributed by atoms with E-state index in [1.54, 1.807) is 4.57 Å². The third kappa shape index (κ3) is 2.38. The molecule has 0 spiro atoms. The topological polar surface area (TPSA) is 52.2 Å². The molecule has 120 valence electrons. The van der Waals surface area contributed by atoms with Crippen molar-refractivity contribution in [3.05, 3.63) is 76.5 Å². The molecule has 0 aliphatic carbocycles. The average molecular weight is 318 g/mol. The molecule has 0 bridgehead atoms. The lowest BCUT2D eigenvalue weighted by Gasteiger charge is -2.11. The fraction of sp³-hybridized carbons (Fsp3) is 0.211. The highest BCUT2D eigenvalue weighted by Crippen LogP contribution is 2.18. The van der Waals surface area contributed by atoms with Crippen LogP contribution < -0.4 is 5.69 Å². The summed E-state index contributed by atoms with van der Waals surface area (Å²) in [5.74, 6) is 0.720. The third-order valence-corrected chi connectivity index (χ3v) is 4.16. The molecule has 5 nitrogen and oxygen atoms in total. The first-order valence-electron chi connectivity index (χ1n) is 8.19. The number of hydrogen-bond donors (Lipinski definition) is 0. The molecule has 0 atom stereocenters. The van der Waals surface area contributed by atoms with Crippen LogP contribution in [-0.2, 0) is 13.0 Å². The molecule has 24 heavy (non-hydrogen) atoms. The van der Waals surface area contributed by atoms with Crippen molar-refractivity contribution in [3.63, 3.8) is 0 Å². The first-order valence-corrected chi connectivity index (χ1v) is 8.19. The number of para-hydroxylation sites is 1. The molecule has 4 aromatic rings. The number of aryl methyl sites for hydroxylation is 1. The van der Waals surface area contributed by atoms with Crippen LogP contribution in [0.5, 0.6) is 0 Å². The van der Waals surface area contributed by atoms with Gasteiger partial charge in [-0.05, 0) is 24.1 Å². The van der Waals surface area contributed by atoms with Crippen LogP contribution in [0.3, 0.4) is 0 Å². The van der Waals surface area contributed by atoms with Crippen LogP contribution in [-0.4, -0.2) is 19.2 Å². The Kier molecular flexibility index (Phi) is 3.61. The first-order chi connectivity index (χ1) is 11.8. The number of benzene rings is 2. The third-order valence-electron chi connectivity index (χ3n) is 4.16. The summed E-state index contributed by atoms with van der Waals surface area (Å²) in [6, 6.07) is 17.9. The van der Waals surface area contributed by atoms with Gasteiger partial charge in [-0.25, -0.2) is 9.78 Å². The minimum Gasteiger partial charge on any atom is -0.287 e. The molecule has 2 aromatic carbocycles. The number of hydrogen-bond acceptors (Lipinski definition) is 3. The summed E-state index contributed by atoms with van der Waals surface area (Å²) < 4.78 is 3.21. The molecule has 2 aromatic heterocycles. The Bertz CT molecular complexity index is 1060. The van der Waals surface area contributed by atoms with Crippen molar-refractivity contribution in [2.45, 2.75) is 26.3 Å². The summed E-state index contributed by atoms with van der Waals surface area (Å²) in [6.07, 6.45) is 1.72. The fourth-order valence-electron chi connectivity index (χ4n) is 3.03. The maximum Gasteiger partial charge on any atom is 0.351 e. The molecule has 0 N–H and O–H groups in total. The van der Waals surface area contributed by atoms with Gasteiger partial charge in [0.1, 0.15) is 0 Å². The van der Waals surface area contributed by atoms with Crippen molar-refractivity contribution in [1.82, 2.24) is 19.2 Å². The summed E-state index contributed by atoms with van der Waals surface area (Å²) in [4.78, 5) is 17.6. The maximum atomic E-state index is 13.0. The van der Waals surface area contributed by atoms with Gasteiger partial charge in [-0.3, -0.25) is 4.57 Å². The van der Waals surface area contributed by atoms with Crippen LogP contribution >= 0.6 is 0 Å². The second kappa shape index (κ2) is 5.92. The van der Waals surface area contributed by atoms with Crippen molar-refractivity contribution in [3.8, 4) is 0 Å². The molecule has 0 fully saturated rings. The number of fused-ring (bicyclic) bond motifs is 3. The minimum absolute atomic E-state index is 0.151. The minimum atomic E-state index is -0.151. The van der Waals surface area contributed by atoms with Crippen molar-refractivity contribution in [2.24, 2.45) is 0 Å². The second-order valence-electron chi connectivity index (χ2n) is 5.88. The van der Waals surface area contributed by atoms with E-state index in [0.717, 1.165) is 35.1 Å². The Balaban J connectivity index is 2.00. The lowest BCUT2D eigenvalue weighted by atomic mass is 10.2. The van der Waals surface area contributed by atoms with Crippen LogP contribution in [0.4, 0.5) is 0 Å². The molecule has 0 amide bonds. The van der Waals surface area contributed by atoms with Gasteiger partial charge in [-0.2, -0.15) is 4.52 Å². The largest absolute Gasteiger partial charge is 0.351 e. The molecule has 2 heterocycles. The molecule has 4 rings (SSSR count). The van der Waals surface area contributed by atoms with Gasteiger partial charge in [0.05, 0.1) is 12.1 Å². The van der Waals surface area contributed by atoms with E-state index in [9.17, 15) is 4.79 Å². The Hall–Kier alpha value is -2.95. The molecule has 0 unspecified atom stereocenters. The van der Waals surface area contributed by atoms with Crippen LogP contribution in [0.2, 0.25) is 0 Å². The maximum absolute atomic E-state index is 13.0. The van der Waals surface area contributed by atoms with Crippen molar-refractivity contribution >= 4 is 16.6 Å². The second-order valence-corrected chi connectivity index (χ2v) is 5.88. The van der Waals surface area contributed by atoms with Gasteiger partial charge in [0, 0.05) is 11.8 Å². The molecule has 0 aliphatic rings. The van der Waals surface area contributed by atoms with E-state index in [-0.39, 0.29) is 5.69 Å². The fourth-order valence-corrected chi connectivity index (χ4v) is 3.03. The van der Waals surface area contributed by atoms with Gasteiger partial charge in [-0.1, -0.05) is 49.4 Å². The molecule has 0 aliphatic heterocycles. The Labute approximate surface area is 139 Å². The highest BCUT2D eigenvalue weighted by Gasteiger charge is 2.14. The van der Waals surface area contributed by atoms with Gasteiger partial charge in [0.15, 0.2) is 11.5 Å². The van der Waals surface area contributed by atoms with Gasteiger partial charge in [0.2, 0.25) is 0 Å². The summed E-state index contributed by atoms with van der Waals surface area (Å²) in [7, 11) is 0. The Morgan fingerprint density at radius 3 is 2.54 bits per heavy atom. The summed E-state index contributed by atoms with van der Waals surface area (Å²) in [6.45, 7) is 2.59. The van der Waals surface area contributed by atoms with E-state index < -0.39 is 0 Å². The molecular formula is C19H18N4O. The highest BCUT2D eigenvalue weighted by molar-refractivity contribution is 5.91. The van der Waals surface area contributed by atoms with Gasteiger partial charge < -0.3 is 0 Å².